The van der Waals surface area contributed by atoms with Crippen LogP contribution in [0.25, 0.3) is 11.6 Å². The molecule has 152 valence electrons. The number of aryl methyl sites for hydroxylation is 1. The van der Waals surface area contributed by atoms with Crippen molar-refractivity contribution in [3.63, 3.8) is 0 Å². The molecule has 0 fully saturated rings. The van der Waals surface area contributed by atoms with Crippen molar-refractivity contribution in [1.82, 2.24) is 0 Å². The first kappa shape index (κ1) is 20.9. The Morgan fingerprint density at radius 1 is 1.14 bits per heavy atom. The van der Waals surface area contributed by atoms with Gasteiger partial charge in [0.05, 0.1) is 10.9 Å². The molecule has 9 heteroatoms. The summed E-state index contributed by atoms with van der Waals surface area (Å²) in [4.78, 5) is 36.6. The lowest BCUT2D eigenvalue weighted by atomic mass is 9.99. The third kappa shape index (κ3) is 3.51. The van der Waals surface area contributed by atoms with Gasteiger partial charge in [-0.2, -0.15) is 0 Å². The first-order valence-corrected chi connectivity index (χ1v) is 10.2. The molecule has 1 aromatic heterocycles. The third-order valence-corrected chi connectivity index (χ3v) is 6.55. The maximum atomic E-state index is 12.7. The molecular formula is C20H20NO7P. The highest BCUT2D eigenvalue weighted by atomic mass is 31.2. The highest BCUT2D eigenvalue weighted by molar-refractivity contribution is 7.62. The molecule has 0 saturated carbocycles. The Labute approximate surface area is 167 Å². The van der Waals surface area contributed by atoms with Crippen molar-refractivity contribution in [2.24, 2.45) is 0 Å². The van der Waals surface area contributed by atoms with Gasteiger partial charge in [0, 0.05) is 43.5 Å². The number of carbonyl (C=O) groups is 3. The summed E-state index contributed by atoms with van der Waals surface area (Å²) in [6, 6.07) is 4.69. The molecule has 0 saturated heterocycles. The van der Waals surface area contributed by atoms with Crippen LogP contribution < -0.4 is 10.6 Å². The van der Waals surface area contributed by atoms with Crippen molar-refractivity contribution in [1.29, 1.82) is 0 Å². The molecule has 8 nitrogen and oxygen atoms in total. The predicted octanol–water partition coefficient (Wildman–Crippen LogP) is 3.60. The normalized spacial score (nSPS) is 14.8. The lowest BCUT2D eigenvalue weighted by molar-refractivity contribution is -0.110. The summed E-state index contributed by atoms with van der Waals surface area (Å²) >= 11 is 0. The van der Waals surface area contributed by atoms with E-state index in [0.717, 1.165) is 0 Å². The van der Waals surface area contributed by atoms with Crippen LogP contribution in [0.1, 0.15) is 51.6 Å². The van der Waals surface area contributed by atoms with E-state index < -0.39 is 13.5 Å². The molecule has 2 aromatic rings. The molecule has 0 spiro atoms. The number of hydrogen-bond donors (Lipinski definition) is 1. The third-order valence-electron chi connectivity index (χ3n) is 4.67. The Kier molecular flexibility index (Phi) is 5.45. The molecule has 3 rings (SSSR count). The Morgan fingerprint density at radius 3 is 2.34 bits per heavy atom. The molecule has 1 N–H and O–H groups in total. The number of nitrogens with one attached hydrogen (secondary N) is 1. The summed E-state index contributed by atoms with van der Waals surface area (Å²) in [6.45, 7) is 4.24. The maximum absolute atomic E-state index is 12.7. The van der Waals surface area contributed by atoms with Gasteiger partial charge in [-0.1, -0.05) is 0 Å². The van der Waals surface area contributed by atoms with Crippen LogP contribution in [0.4, 0.5) is 5.69 Å². The van der Waals surface area contributed by atoms with Crippen LogP contribution in [0.5, 0.6) is 0 Å². The number of amides is 1. The average Bonchev–Trinajstić information content (AvgIpc) is 3.18. The van der Waals surface area contributed by atoms with E-state index in [2.05, 4.69) is 5.32 Å². The molecule has 29 heavy (non-hydrogen) atoms. The largest absolute Gasteiger partial charge is 0.457 e. The maximum Gasteiger partial charge on any atom is 0.360 e. The van der Waals surface area contributed by atoms with Crippen molar-refractivity contribution in [2.75, 3.05) is 19.5 Å². The molecule has 0 unspecified atom stereocenters. The molecule has 1 amide bonds. The van der Waals surface area contributed by atoms with Crippen molar-refractivity contribution >= 4 is 47.7 Å². The second-order valence-corrected chi connectivity index (χ2v) is 8.73. The van der Waals surface area contributed by atoms with Crippen LogP contribution in [-0.2, 0) is 18.4 Å². The van der Waals surface area contributed by atoms with Gasteiger partial charge in [-0.15, -0.1) is 0 Å². The summed E-state index contributed by atoms with van der Waals surface area (Å²) < 4.78 is 28.2. The van der Waals surface area contributed by atoms with E-state index >= 15 is 0 Å². The van der Waals surface area contributed by atoms with Crippen LogP contribution >= 0.6 is 7.60 Å². The first-order chi connectivity index (χ1) is 13.6. The van der Waals surface area contributed by atoms with E-state index in [9.17, 15) is 18.9 Å². The smallest absolute Gasteiger partial charge is 0.360 e. The fourth-order valence-electron chi connectivity index (χ4n) is 3.25. The molecule has 1 aromatic carbocycles. The number of ketones is 2. The van der Waals surface area contributed by atoms with Crippen molar-refractivity contribution in [3.8, 4) is 0 Å². The van der Waals surface area contributed by atoms with Crippen LogP contribution in [0.3, 0.4) is 0 Å². The second-order valence-electron chi connectivity index (χ2n) is 6.49. The molecule has 2 heterocycles. The number of rotatable bonds is 6. The predicted molar refractivity (Wildman–Crippen MR) is 108 cm³/mol. The van der Waals surface area contributed by atoms with Crippen molar-refractivity contribution < 1.29 is 32.4 Å². The van der Waals surface area contributed by atoms with Gasteiger partial charge < -0.3 is 18.8 Å². The Hall–Kier alpha value is -2.80. The average molecular weight is 417 g/mol. The minimum Gasteiger partial charge on any atom is -0.457 e. The van der Waals surface area contributed by atoms with E-state index in [-0.39, 0.29) is 33.8 Å². The zero-order valence-corrected chi connectivity index (χ0v) is 17.5. The van der Waals surface area contributed by atoms with E-state index in [0.29, 0.717) is 22.6 Å². The number of hydrogen-bond acceptors (Lipinski definition) is 7. The van der Waals surface area contributed by atoms with E-state index in [1.165, 1.54) is 34.1 Å². The Bertz CT molecular complexity index is 1120. The lowest BCUT2D eigenvalue weighted by Crippen LogP contribution is -2.08. The molecule has 1 aliphatic heterocycles. The minimum absolute atomic E-state index is 0.0440. The number of furan rings is 1. The fourth-order valence-corrected chi connectivity index (χ4v) is 4.36. The fraction of sp³-hybridized carbons (Fsp3) is 0.250. The number of carbonyl (C=O) groups excluding carboxylic acids is 3. The van der Waals surface area contributed by atoms with E-state index in [1.807, 2.05) is 0 Å². The summed E-state index contributed by atoms with van der Waals surface area (Å²) in [7, 11) is -0.976. The van der Waals surface area contributed by atoms with Crippen LogP contribution in [0.2, 0.25) is 0 Å². The molecule has 1 aliphatic rings. The van der Waals surface area contributed by atoms with E-state index in [4.69, 9.17) is 13.5 Å². The standard InChI is InChI=1S/C20H20NO7P/c1-10(22)18-14(12(3)28-19(18)11(2)23)9-16-15-8-13(29(25,26-4)27-5)6-7-17(15)21-20(16)24/h6-9H,1-5H3,(H,21,24)/b16-9-. The van der Waals surface area contributed by atoms with Crippen LogP contribution in [-0.4, -0.2) is 31.7 Å². The van der Waals surface area contributed by atoms with Gasteiger partial charge in [0.2, 0.25) is 0 Å². The number of fused-ring (bicyclic) bond motifs is 1. The number of anilines is 1. The molecule has 0 radical (unpaired) electrons. The van der Waals surface area contributed by atoms with Gasteiger partial charge in [-0.3, -0.25) is 18.9 Å². The minimum atomic E-state index is -3.52. The van der Waals surface area contributed by atoms with Gasteiger partial charge >= 0.3 is 7.60 Å². The molecule has 0 atom stereocenters. The molecule has 0 aliphatic carbocycles. The van der Waals surface area contributed by atoms with Gasteiger partial charge in [-0.25, -0.2) is 0 Å². The quantitative estimate of drug-likeness (QED) is 0.434. The van der Waals surface area contributed by atoms with Crippen molar-refractivity contribution in [2.45, 2.75) is 20.8 Å². The van der Waals surface area contributed by atoms with Gasteiger partial charge in [0.1, 0.15) is 5.76 Å². The Morgan fingerprint density at radius 2 is 1.79 bits per heavy atom. The topological polar surface area (TPSA) is 112 Å². The summed E-state index contributed by atoms with van der Waals surface area (Å²) in [5.74, 6) is -0.847. The molecule has 0 bridgehead atoms. The monoisotopic (exact) mass is 417 g/mol. The zero-order valence-electron chi connectivity index (χ0n) is 16.6. The van der Waals surface area contributed by atoms with Gasteiger partial charge in [0.25, 0.3) is 5.91 Å². The van der Waals surface area contributed by atoms with Crippen LogP contribution in [0.15, 0.2) is 22.6 Å². The summed E-state index contributed by atoms with van der Waals surface area (Å²) in [5, 5.41) is 3.00. The van der Waals surface area contributed by atoms with E-state index in [1.54, 1.807) is 25.1 Å². The van der Waals surface area contributed by atoms with Gasteiger partial charge in [-0.05, 0) is 38.1 Å². The van der Waals surface area contributed by atoms with Crippen LogP contribution in [0, 0.1) is 6.92 Å². The lowest BCUT2D eigenvalue weighted by Gasteiger charge is -2.14. The summed E-state index contributed by atoms with van der Waals surface area (Å²) in [5.41, 5.74) is 1.71. The highest BCUT2D eigenvalue weighted by Crippen LogP contribution is 2.46. The first-order valence-electron chi connectivity index (χ1n) is 8.67. The highest BCUT2D eigenvalue weighted by Gasteiger charge is 2.31. The van der Waals surface area contributed by atoms with Gasteiger partial charge in [0.15, 0.2) is 17.3 Å². The molecular weight excluding hydrogens is 397 g/mol. The zero-order chi connectivity index (χ0) is 21.5. The number of benzene rings is 1. The second kappa shape index (κ2) is 7.55. The Balaban J connectivity index is 2.22. The van der Waals surface area contributed by atoms with Crippen molar-refractivity contribution in [3.05, 3.63) is 46.4 Å². The number of Topliss-reactive ketones (excluding diaryl/α,β-unsaturated/α-hetero) is 2. The SMILES string of the molecule is COP(=O)(OC)c1ccc2c(c1)/C(=C/c1c(C)oc(C(C)=O)c1C(C)=O)C(=O)N2. The summed E-state index contributed by atoms with van der Waals surface area (Å²) in [6.07, 6.45) is 1.50.